The Bertz CT molecular complexity index is 158. The third kappa shape index (κ3) is 12.0. The fraction of sp³-hybridized carbons (Fsp3) is 0.917. The molecule has 0 saturated heterocycles. The Balaban J connectivity index is 3.13. The van der Waals surface area contributed by atoms with Crippen molar-refractivity contribution >= 4 is 21.7 Å². The van der Waals surface area contributed by atoms with Gasteiger partial charge in [-0.25, -0.2) is 0 Å². The first kappa shape index (κ1) is 15.1. The van der Waals surface area contributed by atoms with Crippen molar-refractivity contribution in [3.63, 3.8) is 0 Å². The first-order chi connectivity index (χ1) is 7.16. The summed E-state index contributed by atoms with van der Waals surface area (Å²) in [6.45, 7) is 5.93. The Morgan fingerprint density at radius 3 is 2.47 bits per heavy atom. The SMILES string of the molecule is CC(C)CCOCCCC(=O)CCCBr. The topological polar surface area (TPSA) is 26.3 Å². The van der Waals surface area contributed by atoms with E-state index in [1.807, 2.05) is 0 Å². The van der Waals surface area contributed by atoms with Crippen molar-refractivity contribution in [3.05, 3.63) is 0 Å². The largest absolute Gasteiger partial charge is 0.381 e. The van der Waals surface area contributed by atoms with Gasteiger partial charge < -0.3 is 4.74 Å². The molecule has 0 radical (unpaired) electrons. The highest BCUT2D eigenvalue weighted by Crippen LogP contribution is 2.02. The van der Waals surface area contributed by atoms with Crippen LogP contribution in [0.3, 0.4) is 0 Å². The summed E-state index contributed by atoms with van der Waals surface area (Å²) in [5.41, 5.74) is 0. The van der Waals surface area contributed by atoms with Gasteiger partial charge in [-0.3, -0.25) is 4.79 Å². The quantitative estimate of drug-likeness (QED) is 0.451. The van der Waals surface area contributed by atoms with Crippen LogP contribution < -0.4 is 0 Å². The number of ether oxygens (including phenoxy) is 1. The Labute approximate surface area is 102 Å². The van der Waals surface area contributed by atoms with Crippen molar-refractivity contribution in [2.24, 2.45) is 5.92 Å². The van der Waals surface area contributed by atoms with Gasteiger partial charge in [0.05, 0.1) is 0 Å². The molecule has 0 unspecified atom stereocenters. The van der Waals surface area contributed by atoms with E-state index in [-0.39, 0.29) is 0 Å². The van der Waals surface area contributed by atoms with E-state index in [0.717, 1.165) is 37.8 Å². The second-order valence-electron chi connectivity index (χ2n) is 4.23. The summed E-state index contributed by atoms with van der Waals surface area (Å²) in [6, 6.07) is 0. The number of alkyl halides is 1. The highest BCUT2D eigenvalue weighted by Gasteiger charge is 2.01. The van der Waals surface area contributed by atoms with E-state index in [2.05, 4.69) is 29.8 Å². The van der Waals surface area contributed by atoms with E-state index < -0.39 is 0 Å². The second kappa shape index (κ2) is 10.6. The Morgan fingerprint density at radius 2 is 1.87 bits per heavy atom. The number of halogens is 1. The van der Waals surface area contributed by atoms with Crippen molar-refractivity contribution < 1.29 is 9.53 Å². The molecule has 3 heteroatoms. The van der Waals surface area contributed by atoms with Crippen molar-refractivity contribution in [3.8, 4) is 0 Å². The van der Waals surface area contributed by atoms with Gasteiger partial charge in [0, 0.05) is 31.4 Å². The van der Waals surface area contributed by atoms with Gasteiger partial charge in [-0.1, -0.05) is 29.8 Å². The van der Waals surface area contributed by atoms with Crippen molar-refractivity contribution in [1.29, 1.82) is 0 Å². The van der Waals surface area contributed by atoms with Crippen LogP contribution in [-0.4, -0.2) is 24.3 Å². The van der Waals surface area contributed by atoms with Gasteiger partial charge in [-0.05, 0) is 25.2 Å². The molecule has 15 heavy (non-hydrogen) atoms. The van der Waals surface area contributed by atoms with Crippen LogP contribution in [0.15, 0.2) is 0 Å². The molecule has 0 spiro atoms. The zero-order chi connectivity index (χ0) is 11.5. The molecule has 0 rings (SSSR count). The number of hydrogen-bond donors (Lipinski definition) is 0. The lowest BCUT2D eigenvalue weighted by Gasteiger charge is -2.05. The number of Topliss-reactive ketones (excluding diaryl/α,β-unsaturated/α-hetero) is 1. The second-order valence-corrected chi connectivity index (χ2v) is 5.02. The van der Waals surface area contributed by atoms with E-state index in [9.17, 15) is 4.79 Å². The van der Waals surface area contributed by atoms with Crippen LogP contribution in [0.1, 0.15) is 46.0 Å². The van der Waals surface area contributed by atoms with Crippen LogP contribution in [-0.2, 0) is 9.53 Å². The van der Waals surface area contributed by atoms with Crippen LogP contribution in [0.5, 0.6) is 0 Å². The third-order valence-corrected chi connectivity index (χ3v) is 2.73. The zero-order valence-corrected chi connectivity index (χ0v) is 11.5. The monoisotopic (exact) mass is 278 g/mol. The number of carbonyl (C=O) groups is 1. The standard InChI is InChI=1S/C12H23BrO2/c1-11(2)7-10-15-9-4-6-12(14)5-3-8-13/h11H,3-10H2,1-2H3. The van der Waals surface area contributed by atoms with E-state index >= 15 is 0 Å². The van der Waals surface area contributed by atoms with Gasteiger partial charge in [0.2, 0.25) is 0 Å². The highest BCUT2D eigenvalue weighted by atomic mass is 79.9. The fourth-order valence-electron chi connectivity index (χ4n) is 1.18. The molecule has 0 aromatic carbocycles. The molecule has 0 N–H and O–H groups in total. The van der Waals surface area contributed by atoms with Crippen molar-refractivity contribution in [2.75, 3.05) is 18.5 Å². The molecule has 0 bridgehead atoms. The minimum atomic E-state index is 0.363. The third-order valence-electron chi connectivity index (χ3n) is 2.17. The molecule has 2 nitrogen and oxygen atoms in total. The number of hydrogen-bond acceptors (Lipinski definition) is 2. The molecule has 0 aliphatic heterocycles. The molecule has 0 atom stereocenters. The maximum Gasteiger partial charge on any atom is 0.133 e. The summed E-state index contributed by atoms with van der Waals surface area (Å²) >= 11 is 3.32. The average molecular weight is 279 g/mol. The van der Waals surface area contributed by atoms with Crippen LogP contribution in [0.4, 0.5) is 0 Å². The Morgan fingerprint density at radius 1 is 1.20 bits per heavy atom. The van der Waals surface area contributed by atoms with E-state index in [1.54, 1.807) is 0 Å². The summed E-state index contributed by atoms with van der Waals surface area (Å²) in [5.74, 6) is 1.06. The van der Waals surface area contributed by atoms with E-state index in [4.69, 9.17) is 4.74 Å². The first-order valence-electron chi connectivity index (χ1n) is 5.82. The molecule has 0 saturated carbocycles. The molecule has 0 aromatic heterocycles. The van der Waals surface area contributed by atoms with Gasteiger partial charge in [0.25, 0.3) is 0 Å². The molecule has 0 aliphatic carbocycles. The van der Waals surface area contributed by atoms with Gasteiger partial charge >= 0.3 is 0 Å². The summed E-state index contributed by atoms with van der Waals surface area (Å²) < 4.78 is 5.44. The average Bonchev–Trinajstić information content (AvgIpc) is 2.19. The molecular formula is C12H23BrO2. The summed E-state index contributed by atoms with van der Waals surface area (Å²) in [7, 11) is 0. The maximum absolute atomic E-state index is 11.3. The highest BCUT2D eigenvalue weighted by molar-refractivity contribution is 9.09. The van der Waals surface area contributed by atoms with Crippen molar-refractivity contribution in [2.45, 2.75) is 46.0 Å². The molecule has 0 aromatic rings. The molecular weight excluding hydrogens is 256 g/mol. The molecule has 90 valence electrons. The number of ketones is 1. The maximum atomic E-state index is 11.3. The zero-order valence-electron chi connectivity index (χ0n) is 9.93. The minimum absolute atomic E-state index is 0.363. The van der Waals surface area contributed by atoms with Gasteiger partial charge in [-0.2, -0.15) is 0 Å². The summed E-state index contributed by atoms with van der Waals surface area (Å²) in [5, 5.41) is 0.920. The fourth-order valence-corrected chi connectivity index (χ4v) is 1.46. The Hall–Kier alpha value is 0.110. The van der Waals surface area contributed by atoms with Crippen LogP contribution >= 0.6 is 15.9 Å². The van der Waals surface area contributed by atoms with E-state index in [0.29, 0.717) is 24.5 Å². The number of carbonyl (C=O) groups excluding carboxylic acids is 1. The van der Waals surface area contributed by atoms with Crippen LogP contribution in [0, 0.1) is 5.92 Å². The minimum Gasteiger partial charge on any atom is -0.381 e. The predicted octanol–water partition coefficient (Wildman–Crippen LogP) is 3.57. The molecule has 0 amide bonds. The van der Waals surface area contributed by atoms with Crippen LogP contribution in [0.25, 0.3) is 0 Å². The smallest absolute Gasteiger partial charge is 0.133 e. The first-order valence-corrected chi connectivity index (χ1v) is 6.94. The molecule has 0 aliphatic rings. The van der Waals surface area contributed by atoms with Crippen LogP contribution in [0.2, 0.25) is 0 Å². The summed E-state index contributed by atoms with van der Waals surface area (Å²) in [4.78, 5) is 11.3. The normalized spacial score (nSPS) is 10.9. The lowest BCUT2D eigenvalue weighted by Crippen LogP contribution is -2.04. The van der Waals surface area contributed by atoms with Crippen molar-refractivity contribution in [1.82, 2.24) is 0 Å². The van der Waals surface area contributed by atoms with Gasteiger partial charge in [-0.15, -0.1) is 0 Å². The number of rotatable bonds is 10. The molecule has 0 fully saturated rings. The van der Waals surface area contributed by atoms with Gasteiger partial charge in [0.1, 0.15) is 5.78 Å². The van der Waals surface area contributed by atoms with E-state index in [1.165, 1.54) is 0 Å². The van der Waals surface area contributed by atoms with Gasteiger partial charge in [0.15, 0.2) is 0 Å². The Kier molecular flexibility index (Phi) is 10.7. The lowest BCUT2D eigenvalue weighted by atomic mass is 10.1. The lowest BCUT2D eigenvalue weighted by molar-refractivity contribution is -0.119. The predicted molar refractivity (Wildman–Crippen MR) is 67.5 cm³/mol. The molecule has 0 heterocycles. The summed E-state index contributed by atoms with van der Waals surface area (Å²) in [6.07, 6.45) is 4.32.